The number of benzene rings is 3. The molecule has 5 nitrogen and oxygen atoms in total. The van der Waals surface area contributed by atoms with E-state index in [1.165, 1.54) is 11.1 Å². The Kier molecular flexibility index (Phi) is 9.06. The van der Waals surface area contributed by atoms with Crippen molar-refractivity contribution in [3.8, 4) is 11.1 Å². The summed E-state index contributed by atoms with van der Waals surface area (Å²) in [6.07, 6.45) is 3.71. The second kappa shape index (κ2) is 12.6. The summed E-state index contributed by atoms with van der Waals surface area (Å²) in [6.45, 7) is 6.96. The summed E-state index contributed by atoms with van der Waals surface area (Å²) in [4.78, 5) is 20.1. The van der Waals surface area contributed by atoms with Crippen LogP contribution >= 0.6 is 0 Å². The third-order valence-electron chi connectivity index (χ3n) is 6.69. The highest BCUT2D eigenvalue weighted by Crippen LogP contribution is 2.25. The lowest BCUT2D eigenvalue weighted by molar-refractivity contribution is 0.104. The molecule has 0 unspecified atom stereocenters. The number of hydrogen-bond acceptors (Lipinski definition) is 5. The van der Waals surface area contributed by atoms with E-state index in [2.05, 4.69) is 83.6 Å². The van der Waals surface area contributed by atoms with Gasteiger partial charge in [-0.05, 0) is 67.7 Å². The van der Waals surface area contributed by atoms with Gasteiger partial charge in [0.25, 0.3) is 0 Å². The van der Waals surface area contributed by atoms with E-state index in [-0.39, 0.29) is 5.78 Å². The molecule has 0 radical (unpaired) electrons. The smallest absolute Gasteiger partial charge is 0.185 e. The molecular weight excluding hydrogens is 444 g/mol. The first kappa shape index (κ1) is 25.8. The lowest BCUT2D eigenvalue weighted by Gasteiger charge is -2.32. The van der Waals surface area contributed by atoms with Crippen LogP contribution in [0.5, 0.6) is 0 Å². The zero-order valence-electron chi connectivity index (χ0n) is 21.8. The van der Waals surface area contributed by atoms with Gasteiger partial charge in [0.2, 0.25) is 0 Å². The fourth-order valence-corrected chi connectivity index (χ4v) is 4.42. The molecule has 0 bridgehead atoms. The lowest BCUT2D eigenvalue weighted by atomic mass is 9.97. The summed E-state index contributed by atoms with van der Waals surface area (Å²) < 4.78 is 0. The van der Waals surface area contributed by atoms with E-state index >= 15 is 0 Å². The molecule has 1 aliphatic heterocycles. The molecule has 1 N–H and O–H groups in total. The van der Waals surface area contributed by atoms with Crippen LogP contribution in [0.2, 0.25) is 0 Å². The molecule has 1 aliphatic rings. The van der Waals surface area contributed by atoms with E-state index in [4.69, 9.17) is 0 Å². The molecule has 4 rings (SSSR count). The van der Waals surface area contributed by atoms with Crippen molar-refractivity contribution in [1.82, 2.24) is 14.7 Å². The fraction of sp³-hybridized carbons (Fsp3) is 0.323. The Bertz CT molecular complexity index is 1160. The number of hydrogen-bond donors (Lipinski definition) is 1. The number of anilines is 1. The monoisotopic (exact) mass is 482 g/mol. The quantitative estimate of drug-likeness (QED) is 0.326. The lowest BCUT2D eigenvalue weighted by Crippen LogP contribution is -2.43. The topological polar surface area (TPSA) is 38.8 Å². The van der Waals surface area contributed by atoms with Crippen molar-refractivity contribution in [3.05, 3.63) is 95.6 Å². The van der Waals surface area contributed by atoms with Crippen molar-refractivity contribution in [2.45, 2.75) is 6.54 Å². The predicted molar refractivity (Wildman–Crippen MR) is 152 cm³/mol. The zero-order chi connectivity index (χ0) is 25.3. The molecule has 0 amide bonds. The van der Waals surface area contributed by atoms with Crippen LogP contribution in [0.15, 0.2) is 78.9 Å². The number of likely N-dealkylation sites (N-methyl/N-ethyl adjacent to an activating group) is 2. The van der Waals surface area contributed by atoms with Gasteiger partial charge in [0.15, 0.2) is 5.78 Å². The SMILES string of the molecule is CN(C)CCNc1cccc(C(=O)C=Cc2cc(-c3ccccc3)ccc2CN2CCN(C)CC2)c1. The summed E-state index contributed by atoms with van der Waals surface area (Å²) in [5.74, 6) is 0.0157. The molecular formula is C31H38N4O. The van der Waals surface area contributed by atoms with Gasteiger partial charge in [-0.25, -0.2) is 0 Å². The Balaban J connectivity index is 1.54. The summed E-state index contributed by atoms with van der Waals surface area (Å²) >= 11 is 0. The average molecular weight is 483 g/mol. The minimum atomic E-state index is 0.0157. The van der Waals surface area contributed by atoms with E-state index in [9.17, 15) is 4.79 Å². The van der Waals surface area contributed by atoms with Crippen molar-refractivity contribution in [2.24, 2.45) is 0 Å². The molecule has 5 heteroatoms. The van der Waals surface area contributed by atoms with Crippen LogP contribution in [0.25, 0.3) is 17.2 Å². The van der Waals surface area contributed by atoms with E-state index in [0.717, 1.165) is 62.6 Å². The number of piperazine rings is 1. The largest absolute Gasteiger partial charge is 0.384 e. The second-order valence-electron chi connectivity index (χ2n) is 9.87. The Hall–Kier alpha value is -3.25. The molecule has 0 spiro atoms. The van der Waals surface area contributed by atoms with E-state index < -0.39 is 0 Å². The molecule has 36 heavy (non-hydrogen) atoms. The van der Waals surface area contributed by atoms with Crippen LogP contribution in [0.4, 0.5) is 5.69 Å². The van der Waals surface area contributed by atoms with Gasteiger partial charge in [-0.2, -0.15) is 0 Å². The summed E-state index contributed by atoms with van der Waals surface area (Å²) in [5.41, 5.74) is 6.36. The number of nitrogens with zero attached hydrogens (tertiary/aromatic N) is 3. The molecule has 3 aromatic rings. The highest BCUT2D eigenvalue weighted by atomic mass is 16.1. The van der Waals surface area contributed by atoms with Gasteiger partial charge < -0.3 is 15.1 Å². The van der Waals surface area contributed by atoms with Crippen molar-refractivity contribution >= 4 is 17.5 Å². The third kappa shape index (κ3) is 7.37. The maximum absolute atomic E-state index is 13.1. The van der Waals surface area contributed by atoms with Crippen LogP contribution in [-0.4, -0.2) is 80.9 Å². The number of nitrogens with one attached hydrogen (secondary N) is 1. The van der Waals surface area contributed by atoms with E-state index in [1.807, 2.05) is 36.4 Å². The number of ketones is 1. The summed E-state index contributed by atoms with van der Waals surface area (Å²) in [6, 6.07) is 24.8. The van der Waals surface area contributed by atoms with Gasteiger partial charge in [-0.3, -0.25) is 9.69 Å². The molecule has 0 aromatic heterocycles. The standard InChI is InChI=1S/C31H38N4O/c1-33(2)17-16-32-30-11-7-10-28(23-30)31(36)15-14-27-22-26(25-8-5-4-6-9-25)12-13-29(27)24-35-20-18-34(3)19-21-35/h4-15,22-23,32H,16-21,24H2,1-3H3. The predicted octanol–water partition coefficient (Wildman–Crippen LogP) is 4.97. The Labute approximate surface area is 216 Å². The average Bonchev–Trinajstić information content (AvgIpc) is 2.89. The normalized spacial score (nSPS) is 15.0. The van der Waals surface area contributed by atoms with Crippen LogP contribution in [0.1, 0.15) is 21.5 Å². The highest BCUT2D eigenvalue weighted by Gasteiger charge is 2.15. The van der Waals surface area contributed by atoms with Gasteiger partial charge in [0.05, 0.1) is 0 Å². The first-order chi connectivity index (χ1) is 17.5. The van der Waals surface area contributed by atoms with Crippen LogP contribution in [0.3, 0.4) is 0 Å². The molecule has 188 valence electrons. The van der Waals surface area contributed by atoms with Crippen LogP contribution < -0.4 is 5.32 Å². The van der Waals surface area contributed by atoms with Crippen molar-refractivity contribution < 1.29 is 4.79 Å². The van der Waals surface area contributed by atoms with Crippen molar-refractivity contribution in [1.29, 1.82) is 0 Å². The Morgan fingerprint density at radius 2 is 1.69 bits per heavy atom. The number of carbonyl (C=O) groups is 1. The van der Waals surface area contributed by atoms with Crippen LogP contribution in [0, 0.1) is 0 Å². The molecule has 1 fully saturated rings. The summed E-state index contributed by atoms with van der Waals surface area (Å²) in [5, 5.41) is 3.40. The van der Waals surface area contributed by atoms with E-state index in [1.54, 1.807) is 6.08 Å². The minimum absolute atomic E-state index is 0.0157. The summed E-state index contributed by atoms with van der Waals surface area (Å²) in [7, 11) is 6.28. The third-order valence-corrected chi connectivity index (χ3v) is 6.69. The van der Waals surface area contributed by atoms with Crippen molar-refractivity contribution in [3.63, 3.8) is 0 Å². The number of carbonyl (C=O) groups excluding carboxylic acids is 1. The van der Waals surface area contributed by atoms with Gasteiger partial charge in [0.1, 0.15) is 0 Å². The minimum Gasteiger partial charge on any atom is -0.384 e. The first-order valence-corrected chi connectivity index (χ1v) is 12.8. The Morgan fingerprint density at radius 3 is 2.44 bits per heavy atom. The molecule has 1 heterocycles. The number of rotatable bonds is 10. The fourth-order valence-electron chi connectivity index (χ4n) is 4.42. The maximum atomic E-state index is 13.1. The van der Waals surface area contributed by atoms with E-state index in [0.29, 0.717) is 5.56 Å². The number of allylic oxidation sites excluding steroid dienone is 1. The van der Waals surface area contributed by atoms with Crippen LogP contribution in [-0.2, 0) is 6.54 Å². The first-order valence-electron chi connectivity index (χ1n) is 12.8. The molecule has 3 aromatic carbocycles. The molecule has 0 aliphatic carbocycles. The maximum Gasteiger partial charge on any atom is 0.185 e. The zero-order valence-corrected chi connectivity index (χ0v) is 21.8. The molecule has 0 saturated carbocycles. The second-order valence-corrected chi connectivity index (χ2v) is 9.87. The van der Waals surface area contributed by atoms with Gasteiger partial charge in [0, 0.05) is 57.1 Å². The van der Waals surface area contributed by atoms with Gasteiger partial charge >= 0.3 is 0 Å². The van der Waals surface area contributed by atoms with Crippen molar-refractivity contribution in [2.75, 3.05) is 65.7 Å². The van der Waals surface area contributed by atoms with Gasteiger partial charge in [-0.15, -0.1) is 0 Å². The molecule has 1 saturated heterocycles. The molecule has 0 atom stereocenters. The highest BCUT2D eigenvalue weighted by molar-refractivity contribution is 6.07. The van der Waals surface area contributed by atoms with Gasteiger partial charge in [-0.1, -0.05) is 60.7 Å². The Morgan fingerprint density at radius 1 is 0.917 bits per heavy atom.